The standard InChI is InChI=1S/C20H40O3/c1-8-10-11-18(9-2)14-23-19(21)20(15-22-7,12-16(3)4)13-17(5)6/h16-18H,8-15H2,1-7H3. The third-order valence-electron chi connectivity index (χ3n) is 4.45. The Morgan fingerprint density at radius 3 is 2.00 bits per heavy atom. The summed E-state index contributed by atoms with van der Waals surface area (Å²) in [4.78, 5) is 12.9. The molecule has 0 saturated heterocycles. The van der Waals surface area contributed by atoms with Crippen molar-refractivity contribution in [3.05, 3.63) is 0 Å². The van der Waals surface area contributed by atoms with E-state index in [-0.39, 0.29) is 5.97 Å². The summed E-state index contributed by atoms with van der Waals surface area (Å²) in [5, 5.41) is 0. The highest BCUT2D eigenvalue weighted by atomic mass is 16.5. The molecule has 1 unspecified atom stereocenters. The third kappa shape index (κ3) is 8.74. The maximum atomic E-state index is 12.9. The highest BCUT2D eigenvalue weighted by Crippen LogP contribution is 2.36. The van der Waals surface area contributed by atoms with Gasteiger partial charge in [0.1, 0.15) is 0 Å². The summed E-state index contributed by atoms with van der Waals surface area (Å²) in [6, 6.07) is 0. The molecule has 0 aliphatic carbocycles. The summed E-state index contributed by atoms with van der Waals surface area (Å²) in [6.07, 6.45) is 6.26. The molecule has 0 heterocycles. The number of methoxy groups -OCH3 is 1. The molecule has 0 fully saturated rings. The normalized spacial score (nSPS) is 13.6. The van der Waals surface area contributed by atoms with Gasteiger partial charge in [-0.3, -0.25) is 4.79 Å². The lowest BCUT2D eigenvalue weighted by molar-refractivity contribution is -0.164. The van der Waals surface area contributed by atoms with Gasteiger partial charge in [0.2, 0.25) is 0 Å². The van der Waals surface area contributed by atoms with Crippen LogP contribution < -0.4 is 0 Å². The molecule has 23 heavy (non-hydrogen) atoms. The van der Waals surface area contributed by atoms with Crippen molar-refractivity contribution in [1.29, 1.82) is 0 Å². The Bertz CT molecular complexity index is 300. The van der Waals surface area contributed by atoms with Gasteiger partial charge in [-0.15, -0.1) is 0 Å². The lowest BCUT2D eigenvalue weighted by atomic mass is 9.74. The predicted octanol–water partition coefficient (Wildman–Crippen LogP) is 5.47. The number of esters is 1. The molecule has 3 heteroatoms. The van der Waals surface area contributed by atoms with E-state index in [4.69, 9.17) is 9.47 Å². The molecule has 0 aliphatic heterocycles. The van der Waals surface area contributed by atoms with E-state index in [0.717, 1.165) is 25.7 Å². The van der Waals surface area contributed by atoms with Crippen molar-refractivity contribution in [3.8, 4) is 0 Å². The Kier molecular flexibility index (Phi) is 11.6. The summed E-state index contributed by atoms with van der Waals surface area (Å²) in [6.45, 7) is 14.0. The molecule has 138 valence electrons. The van der Waals surface area contributed by atoms with E-state index in [1.54, 1.807) is 7.11 Å². The fourth-order valence-corrected chi connectivity index (χ4v) is 3.51. The van der Waals surface area contributed by atoms with Gasteiger partial charge in [-0.1, -0.05) is 60.8 Å². The van der Waals surface area contributed by atoms with Crippen molar-refractivity contribution < 1.29 is 14.3 Å². The first-order chi connectivity index (χ1) is 10.8. The minimum Gasteiger partial charge on any atom is -0.465 e. The van der Waals surface area contributed by atoms with Crippen LogP contribution in [0.15, 0.2) is 0 Å². The molecule has 0 radical (unpaired) electrons. The smallest absolute Gasteiger partial charge is 0.314 e. The first-order valence-electron chi connectivity index (χ1n) is 9.47. The van der Waals surface area contributed by atoms with Crippen molar-refractivity contribution in [3.63, 3.8) is 0 Å². The van der Waals surface area contributed by atoms with E-state index < -0.39 is 5.41 Å². The van der Waals surface area contributed by atoms with Crippen LogP contribution in [-0.2, 0) is 14.3 Å². The Morgan fingerprint density at radius 1 is 1.04 bits per heavy atom. The summed E-state index contributed by atoms with van der Waals surface area (Å²) < 4.78 is 11.2. The summed E-state index contributed by atoms with van der Waals surface area (Å²) >= 11 is 0. The summed E-state index contributed by atoms with van der Waals surface area (Å²) in [5.74, 6) is 1.31. The van der Waals surface area contributed by atoms with Crippen molar-refractivity contribution in [2.24, 2.45) is 23.2 Å². The summed E-state index contributed by atoms with van der Waals surface area (Å²) in [5.41, 5.74) is -0.500. The molecule has 0 N–H and O–H groups in total. The number of hydrogen-bond acceptors (Lipinski definition) is 3. The van der Waals surface area contributed by atoms with Crippen LogP contribution in [-0.4, -0.2) is 26.3 Å². The first kappa shape index (κ1) is 22.4. The fourth-order valence-electron chi connectivity index (χ4n) is 3.51. The summed E-state index contributed by atoms with van der Waals surface area (Å²) in [7, 11) is 1.68. The third-order valence-corrected chi connectivity index (χ3v) is 4.45. The second-order valence-corrected chi connectivity index (χ2v) is 7.92. The number of carbonyl (C=O) groups excluding carboxylic acids is 1. The highest BCUT2D eigenvalue weighted by Gasteiger charge is 2.41. The second-order valence-electron chi connectivity index (χ2n) is 7.92. The molecule has 0 aliphatic rings. The van der Waals surface area contributed by atoms with E-state index in [0.29, 0.717) is 31.0 Å². The topological polar surface area (TPSA) is 35.5 Å². The van der Waals surface area contributed by atoms with Crippen LogP contribution in [0, 0.1) is 23.2 Å². The van der Waals surface area contributed by atoms with Crippen molar-refractivity contribution in [2.75, 3.05) is 20.3 Å². The molecular formula is C20H40O3. The Labute approximate surface area is 144 Å². The molecule has 0 aromatic heterocycles. The lowest BCUT2D eigenvalue weighted by Crippen LogP contribution is -2.40. The monoisotopic (exact) mass is 328 g/mol. The molecule has 3 nitrogen and oxygen atoms in total. The number of rotatable bonds is 13. The van der Waals surface area contributed by atoms with Crippen LogP contribution in [0.2, 0.25) is 0 Å². The van der Waals surface area contributed by atoms with Gasteiger partial charge in [-0.25, -0.2) is 0 Å². The van der Waals surface area contributed by atoms with Gasteiger partial charge in [0, 0.05) is 7.11 Å². The number of carbonyl (C=O) groups is 1. The Hall–Kier alpha value is -0.570. The zero-order valence-corrected chi connectivity index (χ0v) is 16.6. The van der Waals surface area contributed by atoms with E-state index in [1.165, 1.54) is 12.8 Å². The van der Waals surface area contributed by atoms with Gasteiger partial charge in [0.15, 0.2) is 0 Å². The maximum absolute atomic E-state index is 12.9. The molecule has 0 bridgehead atoms. The molecular weight excluding hydrogens is 288 g/mol. The highest BCUT2D eigenvalue weighted by molar-refractivity contribution is 5.77. The average molecular weight is 329 g/mol. The molecule has 0 rings (SSSR count). The van der Waals surface area contributed by atoms with Crippen molar-refractivity contribution >= 4 is 5.97 Å². The van der Waals surface area contributed by atoms with Gasteiger partial charge in [-0.05, 0) is 37.0 Å². The SMILES string of the molecule is CCCCC(CC)COC(=O)C(COC)(CC(C)C)CC(C)C. The minimum atomic E-state index is -0.500. The molecule has 0 saturated carbocycles. The largest absolute Gasteiger partial charge is 0.465 e. The van der Waals surface area contributed by atoms with Crippen LogP contribution in [0.3, 0.4) is 0 Å². The molecule has 0 spiro atoms. The predicted molar refractivity (Wildman–Crippen MR) is 97.5 cm³/mol. The Morgan fingerprint density at radius 2 is 1.61 bits per heavy atom. The van der Waals surface area contributed by atoms with Crippen LogP contribution >= 0.6 is 0 Å². The fraction of sp³-hybridized carbons (Fsp3) is 0.950. The number of ether oxygens (including phenoxy) is 2. The van der Waals surface area contributed by atoms with Crippen LogP contribution in [0.4, 0.5) is 0 Å². The number of unbranched alkanes of at least 4 members (excludes halogenated alkanes) is 1. The Balaban J connectivity index is 4.94. The zero-order chi connectivity index (χ0) is 17.9. The van der Waals surface area contributed by atoms with Crippen LogP contribution in [0.25, 0.3) is 0 Å². The van der Waals surface area contributed by atoms with Crippen LogP contribution in [0.1, 0.15) is 80.1 Å². The van der Waals surface area contributed by atoms with Crippen molar-refractivity contribution in [2.45, 2.75) is 80.1 Å². The maximum Gasteiger partial charge on any atom is 0.314 e. The van der Waals surface area contributed by atoms with E-state index >= 15 is 0 Å². The average Bonchev–Trinajstić information content (AvgIpc) is 2.45. The van der Waals surface area contributed by atoms with E-state index in [2.05, 4.69) is 41.5 Å². The van der Waals surface area contributed by atoms with Gasteiger partial charge >= 0.3 is 5.97 Å². The zero-order valence-electron chi connectivity index (χ0n) is 16.6. The van der Waals surface area contributed by atoms with Gasteiger partial charge < -0.3 is 9.47 Å². The molecule has 1 atom stereocenters. The van der Waals surface area contributed by atoms with Gasteiger partial charge in [0.25, 0.3) is 0 Å². The quantitative estimate of drug-likeness (QED) is 0.420. The molecule has 0 aromatic carbocycles. The van der Waals surface area contributed by atoms with E-state index in [1.807, 2.05) is 0 Å². The second kappa shape index (κ2) is 11.9. The number of hydrogen-bond donors (Lipinski definition) is 0. The lowest BCUT2D eigenvalue weighted by Gasteiger charge is -2.34. The van der Waals surface area contributed by atoms with Crippen LogP contribution in [0.5, 0.6) is 0 Å². The van der Waals surface area contributed by atoms with Gasteiger partial charge in [-0.2, -0.15) is 0 Å². The molecule has 0 amide bonds. The first-order valence-corrected chi connectivity index (χ1v) is 9.47. The van der Waals surface area contributed by atoms with Crippen molar-refractivity contribution in [1.82, 2.24) is 0 Å². The molecule has 0 aromatic rings. The van der Waals surface area contributed by atoms with E-state index in [9.17, 15) is 4.79 Å². The van der Waals surface area contributed by atoms with Gasteiger partial charge in [0.05, 0.1) is 18.6 Å². The minimum absolute atomic E-state index is 0.0586.